The minimum atomic E-state index is -0.504. The number of anilines is 2. The number of hydrogen-bond donors (Lipinski definition) is 1. The number of benzene rings is 4. The molecule has 4 heteroatoms. The van der Waals surface area contributed by atoms with Crippen molar-refractivity contribution in [2.45, 2.75) is 18.3 Å². The number of rotatable bonds is 7. The van der Waals surface area contributed by atoms with Crippen LogP contribution in [0.5, 0.6) is 0 Å². The van der Waals surface area contributed by atoms with Crippen molar-refractivity contribution in [2.75, 3.05) is 5.32 Å². The molecule has 0 fully saturated rings. The summed E-state index contributed by atoms with van der Waals surface area (Å²) in [5, 5.41) is 14.3. The van der Waals surface area contributed by atoms with Crippen LogP contribution in [0.2, 0.25) is 10.0 Å². The highest BCUT2D eigenvalue weighted by Crippen LogP contribution is 2.44. The second-order valence-corrected chi connectivity index (χ2v) is 8.52. The molecule has 32 heavy (non-hydrogen) atoms. The van der Waals surface area contributed by atoms with Gasteiger partial charge < -0.3 is 5.32 Å². The molecule has 158 valence electrons. The summed E-state index contributed by atoms with van der Waals surface area (Å²) in [5.41, 5.74) is 4.81. The molecule has 0 aliphatic heterocycles. The van der Waals surface area contributed by atoms with E-state index in [-0.39, 0.29) is 0 Å². The van der Waals surface area contributed by atoms with Gasteiger partial charge >= 0.3 is 0 Å². The van der Waals surface area contributed by atoms with E-state index in [4.69, 9.17) is 23.2 Å². The molecule has 4 rings (SSSR count). The third kappa shape index (κ3) is 4.65. The molecular formula is C28H22Cl2N2. The molecule has 0 unspecified atom stereocenters. The van der Waals surface area contributed by atoms with Gasteiger partial charge in [-0.25, -0.2) is 0 Å². The number of hydrogen-bond acceptors (Lipinski definition) is 2. The molecular weight excluding hydrogens is 435 g/mol. The Balaban J connectivity index is 1.83. The number of para-hydroxylation sites is 1. The molecule has 4 aromatic carbocycles. The number of nitriles is 1. The van der Waals surface area contributed by atoms with Gasteiger partial charge in [0.15, 0.2) is 0 Å². The van der Waals surface area contributed by atoms with Gasteiger partial charge in [-0.05, 0) is 71.6 Å². The van der Waals surface area contributed by atoms with E-state index >= 15 is 0 Å². The van der Waals surface area contributed by atoms with Crippen molar-refractivity contribution in [3.05, 3.63) is 130 Å². The number of halogens is 2. The lowest BCUT2D eigenvalue weighted by Crippen LogP contribution is -2.29. The maximum absolute atomic E-state index is 9.46. The Hall–Kier alpha value is -3.25. The Kier molecular flexibility index (Phi) is 6.81. The van der Waals surface area contributed by atoms with E-state index in [9.17, 15) is 5.26 Å². The third-order valence-corrected chi connectivity index (χ3v) is 6.23. The van der Waals surface area contributed by atoms with E-state index in [1.807, 2.05) is 78.9 Å². The zero-order valence-electron chi connectivity index (χ0n) is 17.4. The highest BCUT2D eigenvalue weighted by Gasteiger charge is 2.36. The van der Waals surface area contributed by atoms with Gasteiger partial charge in [0.1, 0.15) is 0 Å². The van der Waals surface area contributed by atoms with Crippen LogP contribution in [0.4, 0.5) is 11.4 Å². The van der Waals surface area contributed by atoms with Crippen molar-refractivity contribution >= 4 is 34.6 Å². The first-order chi connectivity index (χ1) is 15.6. The van der Waals surface area contributed by atoms with Crippen molar-refractivity contribution in [1.82, 2.24) is 0 Å². The highest BCUT2D eigenvalue weighted by molar-refractivity contribution is 6.30. The van der Waals surface area contributed by atoms with Crippen LogP contribution in [0.15, 0.2) is 103 Å². The Bertz CT molecular complexity index is 1150. The fourth-order valence-electron chi connectivity index (χ4n) is 4.17. The number of nitrogens with one attached hydrogen (secondary N) is 1. The van der Waals surface area contributed by atoms with E-state index in [2.05, 4.69) is 35.7 Å². The summed E-state index contributed by atoms with van der Waals surface area (Å²) in [6.07, 6.45) is 1.05. The van der Waals surface area contributed by atoms with Crippen molar-refractivity contribution in [3.63, 3.8) is 0 Å². The van der Waals surface area contributed by atoms with Gasteiger partial charge in [0, 0.05) is 33.3 Å². The van der Waals surface area contributed by atoms with Gasteiger partial charge in [0.2, 0.25) is 0 Å². The molecule has 4 aromatic rings. The molecule has 1 N–H and O–H groups in total. The van der Waals surface area contributed by atoms with Crippen LogP contribution in [0.1, 0.15) is 29.5 Å². The summed E-state index contributed by atoms with van der Waals surface area (Å²) >= 11 is 12.4. The van der Waals surface area contributed by atoms with Crippen LogP contribution in [-0.2, 0) is 5.41 Å². The largest absolute Gasteiger partial charge is 0.356 e. The van der Waals surface area contributed by atoms with Crippen molar-refractivity contribution in [2.24, 2.45) is 0 Å². The van der Waals surface area contributed by atoms with Crippen molar-refractivity contribution < 1.29 is 0 Å². The summed E-state index contributed by atoms with van der Waals surface area (Å²) in [6.45, 7) is 0. The predicted molar refractivity (Wildman–Crippen MR) is 134 cm³/mol. The van der Waals surface area contributed by atoms with Crippen LogP contribution in [0, 0.1) is 11.3 Å². The Morgan fingerprint density at radius 3 is 1.53 bits per heavy atom. The second kappa shape index (κ2) is 9.92. The molecule has 0 bridgehead atoms. The van der Waals surface area contributed by atoms with E-state index in [1.165, 1.54) is 0 Å². The molecule has 0 aromatic heterocycles. The number of nitrogens with zero attached hydrogens (tertiary/aromatic N) is 1. The lowest BCUT2D eigenvalue weighted by molar-refractivity contribution is 0.569. The van der Waals surface area contributed by atoms with Gasteiger partial charge in [0.25, 0.3) is 0 Å². The fraction of sp³-hybridized carbons (Fsp3) is 0.107. The zero-order valence-corrected chi connectivity index (χ0v) is 18.9. The molecule has 0 radical (unpaired) electrons. The van der Waals surface area contributed by atoms with Gasteiger partial charge in [-0.3, -0.25) is 0 Å². The van der Waals surface area contributed by atoms with Crippen LogP contribution in [0.25, 0.3) is 0 Å². The normalized spacial score (nSPS) is 11.0. The average molecular weight is 457 g/mol. The maximum Gasteiger partial charge on any atom is 0.0622 e. The monoisotopic (exact) mass is 456 g/mol. The molecule has 0 saturated carbocycles. The van der Waals surface area contributed by atoms with Gasteiger partial charge in [-0.2, -0.15) is 5.26 Å². The van der Waals surface area contributed by atoms with Crippen LogP contribution < -0.4 is 5.32 Å². The first-order valence-corrected chi connectivity index (χ1v) is 11.2. The quantitative estimate of drug-likeness (QED) is 0.283. The third-order valence-electron chi connectivity index (χ3n) is 5.73. The molecule has 0 spiro atoms. The Morgan fingerprint density at radius 1 is 0.625 bits per heavy atom. The molecule has 0 saturated heterocycles. The van der Waals surface area contributed by atoms with Crippen molar-refractivity contribution in [1.29, 1.82) is 5.26 Å². The molecule has 0 atom stereocenters. The van der Waals surface area contributed by atoms with Crippen molar-refractivity contribution in [3.8, 4) is 6.07 Å². The minimum Gasteiger partial charge on any atom is -0.356 e. The Labute approximate surface area is 199 Å². The summed E-state index contributed by atoms with van der Waals surface area (Å²) in [4.78, 5) is 0. The SMILES string of the molecule is N#CCCC(c1ccc(Cl)cc1)(c1ccc(Cl)cc1)c1ccc(Nc2ccccc2)cc1. The second-order valence-electron chi connectivity index (χ2n) is 7.65. The van der Waals surface area contributed by atoms with E-state index in [0.29, 0.717) is 22.9 Å². The predicted octanol–water partition coefficient (Wildman–Crippen LogP) is 8.38. The fourth-order valence-corrected chi connectivity index (χ4v) is 4.42. The lowest BCUT2D eigenvalue weighted by Gasteiger charge is -2.36. The molecule has 0 aliphatic rings. The summed E-state index contributed by atoms with van der Waals surface area (Å²) in [5.74, 6) is 0. The van der Waals surface area contributed by atoms with Crippen LogP contribution in [-0.4, -0.2) is 0 Å². The first-order valence-electron chi connectivity index (χ1n) is 10.4. The molecule has 0 aliphatic carbocycles. The molecule has 2 nitrogen and oxygen atoms in total. The summed E-state index contributed by atoms with van der Waals surface area (Å²) in [6, 6.07) is 36.6. The van der Waals surface area contributed by atoms with E-state index in [0.717, 1.165) is 28.1 Å². The van der Waals surface area contributed by atoms with E-state index in [1.54, 1.807) is 0 Å². The summed E-state index contributed by atoms with van der Waals surface area (Å²) in [7, 11) is 0. The smallest absolute Gasteiger partial charge is 0.0622 e. The molecule has 0 amide bonds. The standard InChI is InChI=1S/C28H22Cl2N2/c29-24-13-7-21(8-14-24)28(19-4-20-31,22-9-15-25(30)16-10-22)23-11-17-27(18-12-23)32-26-5-2-1-3-6-26/h1-3,5-18,32H,4,19H2. The minimum absolute atomic E-state index is 0.412. The maximum atomic E-state index is 9.46. The highest BCUT2D eigenvalue weighted by atomic mass is 35.5. The Morgan fingerprint density at radius 2 is 1.06 bits per heavy atom. The van der Waals surface area contributed by atoms with Crippen LogP contribution in [0.3, 0.4) is 0 Å². The zero-order chi connectivity index (χ0) is 22.4. The van der Waals surface area contributed by atoms with Crippen LogP contribution >= 0.6 is 23.2 Å². The first kappa shape index (κ1) is 22.0. The van der Waals surface area contributed by atoms with Gasteiger partial charge in [-0.1, -0.05) is 77.8 Å². The van der Waals surface area contributed by atoms with Gasteiger partial charge in [0.05, 0.1) is 6.07 Å². The van der Waals surface area contributed by atoms with Gasteiger partial charge in [-0.15, -0.1) is 0 Å². The molecule has 0 heterocycles. The topological polar surface area (TPSA) is 35.8 Å². The van der Waals surface area contributed by atoms with E-state index < -0.39 is 5.41 Å². The average Bonchev–Trinajstić information content (AvgIpc) is 2.83. The lowest BCUT2D eigenvalue weighted by atomic mass is 9.67. The summed E-state index contributed by atoms with van der Waals surface area (Å²) < 4.78 is 0.